The second-order valence-electron chi connectivity index (χ2n) is 11.4. The van der Waals surface area contributed by atoms with Gasteiger partial charge in [-0.3, -0.25) is 24.4 Å². The molecule has 2 saturated heterocycles. The molecule has 1 aromatic carbocycles. The Labute approximate surface area is 218 Å². The van der Waals surface area contributed by atoms with Crippen molar-refractivity contribution in [2.75, 3.05) is 18.1 Å². The van der Waals surface area contributed by atoms with Crippen LogP contribution in [0.15, 0.2) is 48.8 Å². The molecular formula is C29H35N5O3. The molecule has 8 heteroatoms. The molecular weight excluding hydrogens is 466 g/mol. The van der Waals surface area contributed by atoms with Gasteiger partial charge in [-0.05, 0) is 42.0 Å². The molecule has 194 valence electrons. The van der Waals surface area contributed by atoms with Crippen molar-refractivity contribution >= 4 is 17.5 Å². The predicted molar refractivity (Wildman–Crippen MR) is 139 cm³/mol. The molecule has 0 bridgehead atoms. The summed E-state index contributed by atoms with van der Waals surface area (Å²) in [6.07, 6.45) is 10.3. The summed E-state index contributed by atoms with van der Waals surface area (Å²) in [5.41, 5.74) is 1.21. The number of nitrogens with zero attached hydrogens (tertiary/aromatic N) is 4. The van der Waals surface area contributed by atoms with Gasteiger partial charge in [-0.2, -0.15) is 5.26 Å². The number of benzene rings is 1. The Hall–Kier alpha value is -3.44. The predicted octanol–water partition coefficient (Wildman–Crippen LogP) is 3.84. The first-order valence-electron chi connectivity index (χ1n) is 13.2. The van der Waals surface area contributed by atoms with Crippen LogP contribution in [0, 0.1) is 11.5 Å². The van der Waals surface area contributed by atoms with Crippen LogP contribution in [0.25, 0.3) is 0 Å². The molecule has 0 radical (unpaired) electrons. The van der Waals surface area contributed by atoms with E-state index in [9.17, 15) is 14.9 Å². The first kappa shape index (κ1) is 25.2. The highest BCUT2D eigenvalue weighted by atomic mass is 16.5. The molecule has 2 aliphatic heterocycles. The number of fused-ring (bicyclic) bond motifs is 1. The summed E-state index contributed by atoms with van der Waals surface area (Å²) in [5, 5.41) is 13.0. The lowest BCUT2D eigenvalue weighted by atomic mass is 9.76. The Kier molecular flexibility index (Phi) is 6.67. The zero-order valence-corrected chi connectivity index (χ0v) is 21.8. The number of ether oxygens (including phenoxy) is 1. The third-order valence-corrected chi connectivity index (χ3v) is 8.05. The maximum atomic E-state index is 14.4. The summed E-state index contributed by atoms with van der Waals surface area (Å²) in [6, 6.07) is 10.6. The fourth-order valence-electron chi connectivity index (χ4n) is 5.67. The molecule has 1 aliphatic carbocycles. The number of anilines is 1. The Morgan fingerprint density at radius 3 is 2.46 bits per heavy atom. The highest BCUT2D eigenvalue weighted by molar-refractivity contribution is 6.07. The van der Waals surface area contributed by atoms with Crippen LogP contribution in [-0.4, -0.2) is 52.5 Å². The van der Waals surface area contributed by atoms with E-state index in [0.717, 1.165) is 31.2 Å². The molecule has 3 aliphatic rings. The quantitative estimate of drug-likeness (QED) is 0.604. The SMILES string of the molecule is CC(C)(C)c1ccc(N(C(=O)C23CO[C@H]2CN3C#N)C(C(=O)NC2CCCCC2)c2cccnc2)cc1. The van der Waals surface area contributed by atoms with Crippen LogP contribution in [0.3, 0.4) is 0 Å². The van der Waals surface area contributed by atoms with Crippen molar-refractivity contribution in [3.05, 3.63) is 59.9 Å². The summed E-state index contributed by atoms with van der Waals surface area (Å²) in [6.45, 7) is 6.91. The van der Waals surface area contributed by atoms with Crippen molar-refractivity contribution in [2.24, 2.45) is 0 Å². The first-order chi connectivity index (χ1) is 17.8. The van der Waals surface area contributed by atoms with Crippen LogP contribution in [0.1, 0.15) is 70.0 Å². The van der Waals surface area contributed by atoms with E-state index >= 15 is 0 Å². The lowest BCUT2D eigenvalue weighted by Crippen LogP contribution is -2.84. The Morgan fingerprint density at radius 1 is 1.19 bits per heavy atom. The van der Waals surface area contributed by atoms with E-state index in [0.29, 0.717) is 17.8 Å². The van der Waals surface area contributed by atoms with Gasteiger partial charge in [-0.25, -0.2) is 0 Å². The van der Waals surface area contributed by atoms with E-state index < -0.39 is 11.6 Å². The fraction of sp³-hybridized carbons (Fsp3) is 0.517. The number of carbonyl (C=O) groups is 2. The van der Waals surface area contributed by atoms with Crippen molar-refractivity contribution in [3.8, 4) is 6.19 Å². The number of likely N-dealkylation sites (tertiary alicyclic amines) is 1. The van der Waals surface area contributed by atoms with Gasteiger partial charge in [-0.1, -0.05) is 58.2 Å². The van der Waals surface area contributed by atoms with E-state index in [1.54, 1.807) is 23.4 Å². The molecule has 2 amide bonds. The lowest BCUT2D eigenvalue weighted by molar-refractivity contribution is -0.251. The highest BCUT2D eigenvalue weighted by Crippen LogP contribution is 2.45. The van der Waals surface area contributed by atoms with Gasteiger partial charge >= 0.3 is 0 Å². The van der Waals surface area contributed by atoms with Crippen molar-refractivity contribution in [1.29, 1.82) is 5.26 Å². The summed E-state index contributed by atoms with van der Waals surface area (Å²) in [4.78, 5) is 35.7. The Balaban J connectivity index is 1.58. The average Bonchev–Trinajstić information content (AvgIpc) is 2.89. The number of morpholine rings is 1. The number of carbonyl (C=O) groups excluding carboxylic acids is 2. The van der Waals surface area contributed by atoms with Crippen LogP contribution in [0.4, 0.5) is 5.69 Å². The van der Waals surface area contributed by atoms with Gasteiger partial charge < -0.3 is 10.1 Å². The molecule has 1 saturated carbocycles. The minimum Gasteiger partial charge on any atom is -0.370 e. The van der Waals surface area contributed by atoms with Crippen LogP contribution in [0.5, 0.6) is 0 Å². The maximum absolute atomic E-state index is 14.4. The standard InChI is InChI=1S/C29H35N5O3/c1-28(2,3)21-11-13-23(14-12-21)34(27(36)29-18-37-24(29)17-33(29)19-30)25(20-8-7-15-31-16-20)26(35)32-22-9-5-4-6-10-22/h7-8,11-16,22,24-25H,4-6,9-10,17-18H2,1-3H3,(H,32,35)/t24-,25?,29?/m0/s1. The van der Waals surface area contributed by atoms with Crippen molar-refractivity contribution in [3.63, 3.8) is 0 Å². The molecule has 3 fully saturated rings. The smallest absolute Gasteiger partial charge is 0.259 e. The van der Waals surface area contributed by atoms with Crippen LogP contribution in [-0.2, 0) is 19.7 Å². The molecule has 2 aromatic rings. The molecule has 3 heterocycles. The van der Waals surface area contributed by atoms with Crippen molar-refractivity contribution < 1.29 is 14.3 Å². The van der Waals surface area contributed by atoms with Gasteiger partial charge in [0, 0.05) is 29.7 Å². The number of pyridine rings is 1. The number of nitrogens with one attached hydrogen (secondary N) is 1. The fourth-order valence-corrected chi connectivity index (χ4v) is 5.67. The van der Waals surface area contributed by atoms with E-state index in [4.69, 9.17) is 4.74 Å². The number of amides is 2. The van der Waals surface area contributed by atoms with E-state index in [1.165, 1.54) is 11.3 Å². The molecule has 3 atom stereocenters. The van der Waals surface area contributed by atoms with Gasteiger partial charge in [-0.15, -0.1) is 0 Å². The minimum absolute atomic E-state index is 0.0638. The second kappa shape index (κ2) is 9.79. The summed E-state index contributed by atoms with van der Waals surface area (Å²) in [5.74, 6) is -0.531. The topological polar surface area (TPSA) is 98.6 Å². The Bertz CT molecular complexity index is 1180. The normalized spacial score (nSPS) is 24.1. The number of aromatic nitrogens is 1. The molecule has 0 spiro atoms. The van der Waals surface area contributed by atoms with Gasteiger partial charge in [0.15, 0.2) is 11.7 Å². The number of rotatable bonds is 6. The van der Waals surface area contributed by atoms with E-state index in [-0.39, 0.29) is 36.0 Å². The van der Waals surface area contributed by atoms with Crippen LogP contribution >= 0.6 is 0 Å². The number of hydrogen-bond acceptors (Lipinski definition) is 6. The molecule has 1 aromatic heterocycles. The van der Waals surface area contributed by atoms with E-state index in [2.05, 4.69) is 37.3 Å². The summed E-state index contributed by atoms with van der Waals surface area (Å²) >= 11 is 0. The third kappa shape index (κ3) is 4.46. The maximum Gasteiger partial charge on any atom is 0.259 e. The minimum atomic E-state index is -1.08. The first-order valence-corrected chi connectivity index (χ1v) is 13.2. The molecule has 2 unspecified atom stereocenters. The van der Waals surface area contributed by atoms with Crippen molar-refractivity contribution in [2.45, 2.75) is 82.0 Å². The van der Waals surface area contributed by atoms with Crippen LogP contribution < -0.4 is 10.2 Å². The number of nitriles is 1. The molecule has 8 nitrogen and oxygen atoms in total. The van der Waals surface area contributed by atoms with Crippen molar-refractivity contribution in [1.82, 2.24) is 15.2 Å². The number of hydrogen-bond donors (Lipinski definition) is 1. The van der Waals surface area contributed by atoms with E-state index in [1.807, 2.05) is 30.3 Å². The van der Waals surface area contributed by atoms with Crippen LogP contribution in [0.2, 0.25) is 0 Å². The lowest BCUT2D eigenvalue weighted by Gasteiger charge is -2.61. The highest BCUT2D eigenvalue weighted by Gasteiger charge is 2.68. The average molecular weight is 502 g/mol. The monoisotopic (exact) mass is 501 g/mol. The van der Waals surface area contributed by atoms with Gasteiger partial charge in [0.2, 0.25) is 5.91 Å². The molecule has 1 N–H and O–H groups in total. The zero-order chi connectivity index (χ0) is 26.2. The van der Waals surface area contributed by atoms with Gasteiger partial charge in [0.05, 0.1) is 13.2 Å². The van der Waals surface area contributed by atoms with Gasteiger partial charge in [0.25, 0.3) is 5.91 Å². The summed E-state index contributed by atoms with van der Waals surface area (Å²) in [7, 11) is 0. The molecule has 37 heavy (non-hydrogen) atoms. The largest absolute Gasteiger partial charge is 0.370 e. The Morgan fingerprint density at radius 2 is 1.92 bits per heavy atom. The summed E-state index contributed by atoms with van der Waals surface area (Å²) < 4.78 is 5.65. The third-order valence-electron chi connectivity index (χ3n) is 8.05. The second-order valence-corrected chi connectivity index (χ2v) is 11.4. The molecule has 5 rings (SSSR count). The zero-order valence-electron chi connectivity index (χ0n) is 21.8. The van der Waals surface area contributed by atoms with Gasteiger partial charge in [0.1, 0.15) is 12.1 Å².